The summed E-state index contributed by atoms with van der Waals surface area (Å²) in [5.74, 6) is -0.518. The zero-order valence-electron chi connectivity index (χ0n) is 22.8. The van der Waals surface area contributed by atoms with Crippen LogP contribution in [0.15, 0.2) is 115 Å². The van der Waals surface area contributed by atoms with Gasteiger partial charge in [-0.2, -0.15) is 0 Å². The van der Waals surface area contributed by atoms with Gasteiger partial charge in [-0.05, 0) is 72.2 Å². The summed E-state index contributed by atoms with van der Waals surface area (Å²) in [6, 6.07) is 27.1. The lowest BCUT2D eigenvalue weighted by Crippen LogP contribution is -2.57. The second-order valence-electron chi connectivity index (χ2n) is 9.41. The number of nitrogens with zero attached hydrogens (tertiary/aromatic N) is 2. The molecule has 42 heavy (non-hydrogen) atoms. The van der Waals surface area contributed by atoms with Crippen molar-refractivity contribution in [1.29, 1.82) is 0 Å². The predicted molar refractivity (Wildman–Crippen MR) is 164 cm³/mol. The van der Waals surface area contributed by atoms with E-state index in [-0.39, 0.29) is 12.2 Å². The molecule has 4 aromatic carbocycles. The topological polar surface area (TPSA) is 76.2 Å². The van der Waals surface area contributed by atoms with Crippen molar-refractivity contribution in [3.8, 4) is 11.5 Å². The Morgan fingerprint density at radius 3 is 1.90 bits per heavy atom. The third kappa shape index (κ3) is 5.82. The number of para-hydroxylation sites is 2. The van der Waals surface area contributed by atoms with Gasteiger partial charge in [-0.1, -0.05) is 66.2 Å². The minimum Gasteiger partial charge on any atom is -0.493 e. The number of hydrogen-bond acceptors (Lipinski definition) is 5. The van der Waals surface area contributed by atoms with Crippen LogP contribution in [0.3, 0.4) is 0 Å². The zero-order chi connectivity index (χ0) is 29.6. The zero-order valence-corrected chi connectivity index (χ0v) is 23.6. The maximum Gasteiger partial charge on any atom is 0.343 e. The number of urea groups is 1. The molecule has 1 saturated heterocycles. The Bertz CT molecular complexity index is 1600. The summed E-state index contributed by atoms with van der Waals surface area (Å²) < 4.78 is 11.8. The van der Waals surface area contributed by atoms with Gasteiger partial charge in [0.1, 0.15) is 12.2 Å². The lowest BCUT2D eigenvalue weighted by Gasteiger charge is -2.34. The summed E-state index contributed by atoms with van der Waals surface area (Å²) in [7, 11) is 1.52. The van der Waals surface area contributed by atoms with E-state index in [1.54, 1.807) is 84.9 Å². The summed E-state index contributed by atoms with van der Waals surface area (Å²) in [5.41, 5.74) is 2.71. The smallest absolute Gasteiger partial charge is 0.343 e. The maximum absolute atomic E-state index is 13.8. The number of methoxy groups -OCH3 is 1. The number of barbiturate groups is 1. The van der Waals surface area contributed by atoms with Crippen LogP contribution in [-0.2, 0) is 22.6 Å². The van der Waals surface area contributed by atoms with Crippen LogP contribution in [0, 0.1) is 0 Å². The second-order valence-corrected chi connectivity index (χ2v) is 9.85. The van der Waals surface area contributed by atoms with Crippen molar-refractivity contribution in [3.63, 3.8) is 0 Å². The summed E-state index contributed by atoms with van der Waals surface area (Å²) in [6.07, 6.45) is 3.64. The van der Waals surface area contributed by atoms with Gasteiger partial charge in [-0.15, -0.1) is 6.58 Å². The van der Waals surface area contributed by atoms with Crippen molar-refractivity contribution in [3.05, 3.63) is 137 Å². The van der Waals surface area contributed by atoms with Gasteiger partial charge in [0.25, 0.3) is 11.8 Å². The SMILES string of the molecule is C=CCc1cc(C=C2C(=O)N(c3ccccc3)C(=O)N(c3ccccc3)C2=O)cc(OC)c1OCc1ccc(Cl)cc1. The monoisotopic (exact) mass is 578 g/mol. The minimum absolute atomic E-state index is 0.177. The van der Waals surface area contributed by atoms with E-state index in [1.807, 2.05) is 18.2 Å². The highest BCUT2D eigenvalue weighted by Gasteiger charge is 2.43. The Labute approximate surface area is 248 Å². The molecule has 0 N–H and O–H groups in total. The van der Waals surface area contributed by atoms with Crippen LogP contribution >= 0.6 is 11.6 Å². The third-order valence-electron chi connectivity index (χ3n) is 6.62. The molecule has 1 aliphatic heterocycles. The second kappa shape index (κ2) is 12.6. The number of hydrogen-bond donors (Lipinski definition) is 0. The van der Waals surface area contributed by atoms with Crippen molar-refractivity contribution in [2.24, 2.45) is 0 Å². The summed E-state index contributed by atoms with van der Waals surface area (Å²) >= 11 is 6.01. The first kappa shape index (κ1) is 28.4. The molecule has 0 bridgehead atoms. The van der Waals surface area contributed by atoms with Gasteiger partial charge in [0.15, 0.2) is 11.5 Å². The number of anilines is 2. The number of carbonyl (C=O) groups is 3. The average Bonchev–Trinajstić information content (AvgIpc) is 3.00. The molecule has 7 nitrogen and oxygen atoms in total. The molecule has 0 spiro atoms. The molecule has 1 heterocycles. The van der Waals surface area contributed by atoms with Crippen molar-refractivity contribution >= 4 is 46.9 Å². The Morgan fingerprint density at radius 2 is 1.38 bits per heavy atom. The van der Waals surface area contributed by atoms with Gasteiger partial charge in [0, 0.05) is 10.6 Å². The largest absolute Gasteiger partial charge is 0.493 e. The molecular formula is C34H27ClN2O5. The Morgan fingerprint density at radius 1 is 0.810 bits per heavy atom. The standard InChI is InChI=1S/C34H27ClN2O5/c1-3-10-25-19-24(21-30(41-2)31(25)42-22-23-15-17-26(35)18-16-23)20-29-32(38)36(27-11-6-4-7-12-27)34(40)37(33(29)39)28-13-8-5-9-14-28/h3-9,11-21H,1,10,22H2,2H3. The molecule has 0 aliphatic carbocycles. The van der Waals surface area contributed by atoms with Crippen LogP contribution in [0.25, 0.3) is 6.08 Å². The van der Waals surface area contributed by atoms with E-state index in [4.69, 9.17) is 21.1 Å². The van der Waals surface area contributed by atoms with Gasteiger partial charge >= 0.3 is 6.03 Å². The molecule has 0 radical (unpaired) electrons. The fourth-order valence-corrected chi connectivity index (χ4v) is 4.76. The van der Waals surface area contributed by atoms with Crippen LogP contribution < -0.4 is 19.3 Å². The Balaban J connectivity index is 1.57. The molecule has 1 aliphatic rings. The Kier molecular flexibility index (Phi) is 8.50. The number of carbonyl (C=O) groups excluding carboxylic acids is 3. The van der Waals surface area contributed by atoms with Gasteiger partial charge in [-0.25, -0.2) is 14.6 Å². The van der Waals surface area contributed by atoms with Gasteiger partial charge in [-0.3, -0.25) is 9.59 Å². The normalized spacial score (nSPS) is 13.3. The molecule has 5 rings (SSSR count). The average molecular weight is 579 g/mol. The lowest BCUT2D eigenvalue weighted by molar-refractivity contribution is -0.121. The highest BCUT2D eigenvalue weighted by molar-refractivity contribution is 6.46. The number of halogens is 1. The molecule has 1 fully saturated rings. The minimum atomic E-state index is -0.754. The van der Waals surface area contributed by atoms with E-state index < -0.39 is 17.8 Å². The van der Waals surface area contributed by atoms with Crippen molar-refractivity contribution in [1.82, 2.24) is 0 Å². The van der Waals surface area contributed by atoms with Crippen molar-refractivity contribution < 1.29 is 23.9 Å². The van der Waals surface area contributed by atoms with Crippen LogP contribution in [-0.4, -0.2) is 25.0 Å². The lowest BCUT2D eigenvalue weighted by atomic mass is 10.0. The summed E-state index contributed by atoms with van der Waals surface area (Å²) in [6.45, 7) is 4.13. The van der Waals surface area contributed by atoms with E-state index in [2.05, 4.69) is 6.58 Å². The van der Waals surface area contributed by atoms with Gasteiger partial charge in [0.05, 0.1) is 18.5 Å². The van der Waals surface area contributed by atoms with E-state index in [0.717, 1.165) is 20.9 Å². The molecule has 210 valence electrons. The fourth-order valence-electron chi connectivity index (χ4n) is 4.63. The third-order valence-corrected chi connectivity index (χ3v) is 6.88. The summed E-state index contributed by atoms with van der Waals surface area (Å²) in [4.78, 5) is 43.1. The molecule has 0 saturated carbocycles. The number of rotatable bonds is 9. The molecule has 4 amide bonds. The molecule has 0 atom stereocenters. The van der Waals surface area contributed by atoms with E-state index in [0.29, 0.717) is 39.9 Å². The van der Waals surface area contributed by atoms with Gasteiger partial charge in [0.2, 0.25) is 0 Å². The molecule has 0 aromatic heterocycles. The number of allylic oxidation sites excluding steroid dienone is 1. The number of ether oxygens (including phenoxy) is 2. The number of amides is 4. The first-order chi connectivity index (χ1) is 20.4. The van der Waals surface area contributed by atoms with E-state index in [1.165, 1.54) is 13.2 Å². The molecule has 8 heteroatoms. The fraction of sp³-hybridized carbons (Fsp3) is 0.0882. The quantitative estimate of drug-likeness (QED) is 0.119. The van der Waals surface area contributed by atoms with Crippen LogP contribution in [0.2, 0.25) is 5.02 Å². The number of benzene rings is 4. The van der Waals surface area contributed by atoms with E-state index >= 15 is 0 Å². The van der Waals surface area contributed by atoms with Crippen LogP contribution in [0.4, 0.5) is 16.2 Å². The first-order valence-corrected chi connectivity index (χ1v) is 13.5. The van der Waals surface area contributed by atoms with Gasteiger partial charge < -0.3 is 9.47 Å². The highest BCUT2D eigenvalue weighted by atomic mass is 35.5. The van der Waals surface area contributed by atoms with Crippen LogP contribution in [0.1, 0.15) is 16.7 Å². The van der Waals surface area contributed by atoms with Crippen molar-refractivity contribution in [2.75, 3.05) is 16.9 Å². The molecule has 0 unspecified atom stereocenters. The Hall–Kier alpha value is -5.14. The maximum atomic E-state index is 13.8. The molecular weight excluding hydrogens is 552 g/mol. The number of imide groups is 2. The van der Waals surface area contributed by atoms with E-state index in [9.17, 15) is 14.4 Å². The first-order valence-electron chi connectivity index (χ1n) is 13.1. The molecule has 4 aromatic rings. The van der Waals surface area contributed by atoms with Crippen LogP contribution in [0.5, 0.6) is 11.5 Å². The summed E-state index contributed by atoms with van der Waals surface area (Å²) in [5, 5.41) is 0.631. The predicted octanol–water partition coefficient (Wildman–Crippen LogP) is 7.24. The highest BCUT2D eigenvalue weighted by Crippen LogP contribution is 2.36. The van der Waals surface area contributed by atoms with Crippen molar-refractivity contribution in [2.45, 2.75) is 13.0 Å².